The zero-order valence-corrected chi connectivity index (χ0v) is 13.5. The standard InChI is InChI=1S/C18H22N2O3/c1-14-6-3-4-7-15(14)13-20-18(21)19-10-11-23-17-9-5-8-16(12-17)22-2/h3-9,12H,10-11,13H2,1-2H3,(H2,19,20,21). The number of hydrogen-bond acceptors (Lipinski definition) is 3. The Kier molecular flexibility index (Phi) is 6.29. The quantitative estimate of drug-likeness (QED) is 0.773. The van der Waals surface area contributed by atoms with Crippen LogP contribution in [0.3, 0.4) is 0 Å². The number of benzene rings is 2. The number of carbonyl (C=O) groups is 1. The van der Waals surface area contributed by atoms with Gasteiger partial charge in [0.15, 0.2) is 0 Å². The van der Waals surface area contributed by atoms with Crippen molar-refractivity contribution in [3.8, 4) is 11.5 Å². The number of hydrogen-bond donors (Lipinski definition) is 2. The summed E-state index contributed by atoms with van der Waals surface area (Å²) in [5, 5.41) is 5.60. The molecule has 0 saturated carbocycles. The third kappa shape index (κ3) is 5.54. The average molecular weight is 314 g/mol. The molecule has 2 rings (SSSR count). The van der Waals surface area contributed by atoms with Crippen molar-refractivity contribution in [3.05, 3.63) is 59.7 Å². The molecule has 0 spiro atoms. The molecule has 0 aliphatic rings. The molecule has 5 heteroatoms. The number of ether oxygens (including phenoxy) is 2. The van der Waals surface area contributed by atoms with E-state index in [0.29, 0.717) is 25.4 Å². The van der Waals surface area contributed by atoms with E-state index >= 15 is 0 Å². The second-order valence-corrected chi connectivity index (χ2v) is 5.06. The van der Waals surface area contributed by atoms with Gasteiger partial charge in [-0.2, -0.15) is 0 Å². The van der Waals surface area contributed by atoms with Gasteiger partial charge in [0, 0.05) is 12.6 Å². The molecule has 0 aliphatic heterocycles. The van der Waals surface area contributed by atoms with E-state index in [9.17, 15) is 4.79 Å². The lowest BCUT2D eigenvalue weighted by atomic mass is 10.1. The number of amides is 2. The number of urea groups is 1. The average Bonchev–Trinajstić information content (AvgIpc) is 2.58. The first-order chi connectivity index (χ1) is 11.2. The molecule has 2 amide bonds. The Balaban J connectivity index is 1.66. The maximum Gasteiger partial charge on any atom is 0.315 e. The zero-order chi connectivity index (χ0) is 16.5. The Bertz CT molecular complexity index is 644. The maximum atomic E-state index is 11.7. The van der Waals surface area contributed by atoms with Crippen LogP contribution in [0.4, 0.5) is 4.79 Å². The Morgan fingerprint density at radius 2 is 1.83 bits per heavy atom. The van der Waals surface area contributed by atoms with Crippen LogP contribution in [0.15, 0.2) is 48.5 Å². The molecule has 23 heavy (non-hydrogen) atoms. The predicted molar refractivity (Wildman–Crippen MR) is 89.9 cm³/mol. The van der Waals surface area contributed by atoms with Crippen LogP contribution >= 0.6 is 0 Å². The molecule has 0 fully saturated rings. The molecule has 5 nitrogen and oxygen atoms in total. The van der Waals surface area contributed by atoms with E-state index in [-0.39, 0.29) is 6.03 Å². The summed E-state index contributed by atoms with van der Waals surface area (Å²) >= 11 is 0. The largest absolute Gasteiger partial charge is 0.497 e. The van der Waals surface area contributed by atoms with E-state index in [2.05, 4.69) is 10.6 Å². The lowest BCUT2D eigenvalue weighted by molar-refractivity contribution is 0.236. The second kappa shape index (κ2) is 8.68. The smallest absolute Gasteiger partial charge is 0.315 e. The molecular weight excluding hydrogens is 292 g/mol. The SMILES string of the molecule is COc1cccc(OCCNC(=O)NCc2ccccc2C)c1. The van der Waals surface area contributed by atoms with E-state index in [1.54, 1.807) is 13.2 Å². The molecule has 0 atom stereocenters. The minimum atomic E-state index is -0.206. The monoisotopic (exact) mass is 314 g/mol. The molecule has 0 radical (unpaired) electrons. The molecule has 2 N–H and O–H groups in total. The summed E-state index contributed by atoms with van der Waals surface area (Å²) in [5.41, 5.74) is 2.27. The van der Waals surface area contributed by atoms with Crippen molar-refractivity contribution in [3.63, 3.8) is 0 Å². The lowest BCUT2D eigenvalue weighted by Crippen LogP contribution is -2.37. The third-order valence-corrected chi connectivity index (χ3v) is 3.40. The second-order valence-electron chi connectivity index (χ2n) is 5.06. The topological polar surface area (TPSA) is 59.6 Å². The number of carbonyl (C=O) groups excluding carboxylic acids is 1. The normalized spacial score (nSPS) is 10.0. The molecule has 0 bridgehead atoms. The first-order valence-electron chi connectivity index (χ1n) is 7.52. The fourth-order valence-corrected chi connectivity index (χ4v) is 2.07. The summed E-state index contributed by atoms with van der Waals surface area (Å²) in [6.07, 6.45) is 0. The van der Waals surface area contributed by atoms with E-state index in [1.807, 2.05) is 49.4 Å². The van der Waals surface area contributed by atoms with Crippen LogP contribution in [0.25, 0.3) is 0 Å². The van der Waals surface area contributed by atoms with Gasteiger partial charge in [-0.1, -0.05) is 30.3 Å². The van der Waals surface area contributed by atoms with E-state index in [0.717, 1.165) is 16.9 Å². The highest BCUT2D eigenvalue weighted by Gasteiger charge is 2.02. The maximum absolute atomic E-state index is 11.7. The lowest BCUT2D eigenvalue weighted by Gasteiger charge is -2.10. The molecule has 2 aromatic rings. The van der Waals surface area contributed by atoms with Gasteiger partial charge in [0.1, 0.15) is 18.1 Å². The minimum Gasteiger partial charge on any atom is -0.497 e. The zero-order valence-electron chi connectivity index (χ0n) is 13.5. The van der Waals surface area contributed by atoms with Crippen LogP contribution in [-0.4, -0.2) is 26.3 Å². The molecule has 0 unspecified atom stereocenters. The van der Waals surface area contributed by atoms with E-state index in [1.165, 1.54) is 0 Å². The van der Waals surface area contributed by atoms with Gasteiger partial charge in [0.2, 0.25) is 0 Å². The van der Waals surface area contributed by atoms with Crippen LogP contribution in [-0.2, 0) is 6.54 Å². The first kappa shape index (κ1) is 16.7. The summed E-state index contributed by atoms with van der Waals surface area (Å²) in [7, 11) is 1.61. The first-order valence-corrected chi connectivity index (χ1v) is 7.52. The summed E-state index contributed by atoms with van der Waals surface area (Å²) in [4.78, 5) is 11.7. The van der Waals surface area contributed by atoms with Gasteiger partial charge in [-0.25, -0.2) is 4.79 Å². The van der Waals surface area contributed by atoms with Gasteiger partial charge in [-0.3, -0.25) is 0 Å². The van der Waals surface area contributed by atoms with Crippen LogP contribution < -0.4 is 20.1 Å². The van der Waals surface area contributed by atoms with Gasteiger partial charge in [-0.15, -0.1) is 0 Å². The number of aryl methyl sites for hydroxylation is 1. The molecule has 0 aromatic heterocycles. The van der Waals surface area contributed by atoms with Gasteiger partial charge >= 0.3 is 6.03 Å². The van der Waals surface area contributed by atoms with Crippen LogP contribution in [0.2, 0.25) is 0 Å². The van der Waals surface area contributed by atoms with Gasteiger partial charge in [0.05, 0.1) is 13.7 Å². The van der Waals surface area contributed by atoms with Crippen molar-refractivity contribution in [1.29, 1.82) is 0 Å². The highest BCUT2D eigenvalue weighted by Crippen LogP contribution is 2.18. The summed E-state index contributed by atoms with van der Waals surface area (Å²) < 4.78 is 10.7. The summed E-state index contributed by atoms with van der Waals surface area (Å²) in [5.74, 6) is 1.46. The van der Waals surface area contributed by atoms with Crippen molar-refractivity contribution < 1.29 is 14.3 Å². The van der Waals surface area contributed by atoms with Crippen LogP contribution in [0.5, 0.6) is 11.5 Å². The molecule has 0 saturated heterocycles. The van der Waals surface area contributed by atoms with Crippen molar-refractivity contribution in [2.75, 3.05) is 20.3 Å². The van der Waals surface area contributed by atoms with Gasteiger partial charge in [0.25, 0.3) is 0 Å². The highest BCUT2D eigenvalue weighted by atomic mass is 16.5. The minimum absolute atomic E-state index is 0.206. The fraction of sp³-hybridized carbons (Fsp3) is 0.278. The van der Waals surface area contributed by atoms with Crippen molar-refractivity contribution in [2.24, 2.45) is 0 Å². The number of nitrogens with one attached hydrogen (secondary N) is 2. The predicted octanol–water partition coefficient (Wildman–Crippen LogP) is 2.88. The molecular formula is C18H22N2O3. The van der Waals surface area contributed by atoms with Crippen molar-refractivity contribution in [1.82, 2.24) is 10.6 Å². The number of methoxy groups -OCH3 is 1. The number of rotatable bonds is 7. The highest BCUT2D eigenvalue weighted by molar-refractivity contribution is 5.73. The molecule has 2 aromatic carbocycles. The van der Waals surface area contributed by atoms with Crippen LogP contribution in [0, 0.1) is 6.92 Å². The molecule has 0 aliphatic carbocycles. The summed E-state index contributed by atoms with van der Waals surface area (Å²) in [6, 6.07) is 15.1. The molecule has 0 heterocycles. The third-order valence-electron chi connectivity index (χ3n) is 3.40. The van der Waals surface area contributed by atoms with Gasteiger partial charge in [-0.05, 0) is 30.2 Å². The molecule has 122 valence electrons. The van der Waals surface area contributed by atoms with Gasteiger partial charge < -0.3 is 20.1 Å². The Hall–Kier alpha value is -2.69. The van der Waals surface area contributed by atoms with E-state index in [4.69, 9.17) is 9.47 Å². The Morgan fingerprint density at radius 3 is 2.61 bits per heavy atom. The Morgan fingerprint density at radius 1 is 1.04 bits per heavy atom. The van der Waals surface area contributed by atoms with Crippen LogP contribution in [0.1, 0.15) is 11.1 Å². The summed E-state index contributed by atoms with van der Waals surface area (Å²) in [6.45, 7) is 3.36. The van der Waals surface area contributed by atoms with Crippen molar-refractivity contribution >= 4 is 6.03 Å². The Labute approximate surface area is 136 Å². The van der Waals surface area contributed by atoms with Crippen molar-refractivity contribution in [2.45, 2.75) is 13.5 Å². The van der Waals surface area contributed by atoms with E-state index < -0.39 is 0 Å². The fourth-order valence-electron chi connectivity index (χ4n) is 2.07.